The Morgan fingerprint density at radius 3 is 1.00 bits per heavy atom. The summed E-state index contributed by atoms with van der Waals surface area (Å²) >= 11 is 14.5. The maximum atomic E-state index is 5.40. The summed E-state index contributed by atoms with van der Waals surface area (Å²) in [4.78, 5) is 10.8. The highest BCUT2D eigenvalue weighted by molar-refractivity contribution is 9.11. The zero-order chi connectivity index (χ0) is 34.5. The third-order valence-electron chi connectivity index (χ3n) is 8.80. The number of rotatable bonds is 4. The first-order valence-corrected chi connectivity index (χ1v) is 19.4. The molecule has 4 nitrogen and oxygen atoms in total. The van der Waals surface area contributed by atoms with Crippen molar-refractivity contribution in [2.45, 2.75) is 24.2 Å². The normalized spacial score (nSPS) is 19.0. The predicted molar refractivity (Wildman–Crippen MR) is 223 cm³/mol. The molecule has 0 aromatic heterocycles. The van der Waals surface area contributed by atoms with Crippen molar-refractivity contribution in [3.8, 4) is 0 Å². The molecule has 0 amide bonds. The molecule has 0 aliphatic carbocycles. The van der Waals surface area contributed by atoms with Crippen molar-refractivity contribution >= 4 is 87.5 Å². The second-order valence-corrected chi connectivity index (χ2v) is 15.7. The first-order valence-electron chi connectivity index (χ1n) is 16.2. The Bertz CT molecular complexity index is 1960. The molecular formula is C42H32Br4N4. The summed E-state index contributed by atoms with van der Waals surface area (Å²) in [6, 6.07) is 49.7. The molecule has 7 rings (SSSR count). The van der Waals surface area contributed by atoms with Crippen LogP contribution in [0, 0.1) is 0 Å². The molecule has 1 aliphatic heterocycles. The molecule has 1 aliphatic rings. The van der Waals surface area contributed by atoms with Crippen molar-refractivity contribution in [3.05, 3.63) is 197 Å². The van der Waals surface area contributed by atoms with Crippen LogP contribution in [0.4, 0.5) is 11.4 Å². The van der Waals surface area contributed by atoms with Gasteiger partial charge in [-0.25, -0.2) is 0 Å². The molecule has 6 aromatic rings. The van der Waals surface area contributed by atoms with Crippen LogP contribution in [-0.4, -0.2) is 12.4 Å². The van der Waals surface area contributed by atoms with Crippen molar-refractivity contribution in [3.63, 3.8) is 0 Å². The lowest BCUT2D eigenvalue weighted by Gasteiger charge is -2.30. The van der Waals surface area contributed by atoms with Crippen LogP contribution in [0.3, 0.4) is 0 Å². The monoisotopic (exact) mass is 908 g/mol. The van der Waals surface area contributed by atoms with Gasteiger partial charge in [0.25, 0.3) is 0 Å². The minimum absolute atomic E-state index is 0.198. The van der Waals surface area contributed by atoms with E-state index in [9.17, 15) is 0 Å². The van der Waals surface area contributed by atoms with Crippen molar-refractivity contribution in [1.82, 2.24) is 0 Å². The lowest BCUT2D eigenvalue weighted by molar-refractivity contribution is 0.611. The number of hydrogen-bond donors (Lipinski definition) is 2. The molecule has 50 heavy (non-hydrogen) atoms. The van der Waals surface area contributed by atoms with E-state index in [1.165, 1.54) is 0 Å². The highest BCUT2D eigenvalue weighted by Crippen LogP contribution is 2.40. The number of fused-ring (bicyclic) bond motifs is 2. The zero-order valence-corrected chi connectivity index (χ0v) is 33.1. The van der Waals surface area contributed by atoms with Crippen LogP contribution in [-0.2, 0) is 0 Å². The summed E-state index contributed by atoms with van der Waals surface area (Å²) in [5.74, 6) is 0. The third-order valence-corrected chi connectivity index (χ3v) is 10.9. The van der Waals surface area contributed by atoms with Crippen molar-refractivity contribution < 1.29 is 0 Å². The predicted octanol–water partition coefficient (Wildman–Crippen LogP) is 13.1. The third kappa shape index (κ3) is 8.21. The number of hydrogen-bond acceptors (Lipinski definition) is 4. The largest absolute Gasteiger partial charge is 0.375 e. The average Bonchev–Trinajstić information content (AvgIpc) is 3.13. The molecule has 2 N–H and O–H groups in total. The highest BCUT2D eigenvalue weighted by Gasteiger charge is 2.28. The molecule has 1 heterocycles. The van der Waals surface area contributed by atoms with Crippen LogP contribution in [0.2, 0.25) is 0 Å². The van der Waals surface area contributed by atoms with Gasteiger partial charge in [-0.15, -0.1) is 0 Å². The van der Waals surface area contributed by atoms with E-state index in [0.717, 1.165) is 62.6 Å². The molecular weight excluding hydrogens is 880 g/mol. The fourth-order valence-corrected chi connectivity index (χ4v) is 7.27. The summed E-state index contributed by atoms with van der Waals surface area (Å²) in [5, 5.41) is 7.85. The van der Waals surface area contributed by atoms with Crippen molar-refractivity contribution in [2.24, 2.45) is 9.98 Å². The summed E-state index contributed by atoms with van der Waals surface area (Å²) in [5.41, 5.74) is 8.35. The van der Waals surface area contributed by atoms with Crippen LogP contribution in [0.1, 0.15) is 57.5 Å². The van der Waals surface area contributed by atoms with E-state index < -0.39 is 0 Å². The molecule has 6 aromatic carbocycles. The fraction of sp³-hybridized carbons (Fsp3) is 0.0952. The first kappa shape index (κ1) is 34.6. The molecule has 0 saturated carbocycles. The van der Waals surface area contributed by atoms with Gasteiger partial charge in [0.2, 0.25) is 0 Å². The van der Waals surface area contributed by atoms with Crippen molar-refractivity contribution in [2.75, 3.05) is 10.6 Å². The second kappa shape index (κ2) is 16.0. The van der Waals surface area contributed by atoms with E-state index in [-0.39, 0.29) is 24.2 Å². The van der Waals surface area contributed by atoms with E-state index in [0.29, 0.717) is 0 Å². The number of halogens is 4. The SMILES string of the molecule is Brc1ccc(C2Nc3ccccc3C=N[C@@H](c3ccc(Br)cc3)C(c3ccc(Br)cc3)Nc3ccccc3C=N[C@H]2c2ccc(Br)cc2)cc1. The average molecular weight is 912 g/mol. The number of nitrogens with one attached hydrogen (secondary N) is 2. The van der Waals surface area contributed by atoms with E-state index >= 15 is 0 Å². The van der Waals surface area contributed by atoms with Crippen LogP contribution in [0.5, 0.6) is 0 Å². The number of nitrogens with zero attached hydrogens (tertiary/aromatic N) is 2. The molecule has 0 radical (unpaired) electrons. The van der Waals surface area contributed by atoms with E-state index in [1.807, 2.05) is 12.4 Å². The van der Waals surface area contributed by atoms with Gasteiger partial charge in [0.15, 0.2) is 0 Å². The summed E-state index contributed by atoms with van der Waals surface area (Å²) in [6.45, 7) is 0. The molecule has 248 valence electrons. The Labute approximate surface area is 326 Å². The van der Waals surface area contributed by atoms with Gasteiger partial charge < -0.3 is 10.6 Å². The molecule has 4 atom stereocenters. The highest BCUT2D eigenvalue weighted by atomic mass is 79.9. The van der Waals surface area contributed by atoms with Gasteiger partial charge in [-0.1, -0.05) is 149 Å². The molecule has 0 fully saturated rings. The zero-order valence-electron chi connectivity index (χ0n) is 26.7. The topological polar surface area (TPSA) is 48.8 Å². The van der Waals surface area contributed by atoms with E-state index in [4.69, 9.17) is 9.98 Å². The number of benzene rings is 6. The van der Waals surface area contributed by atoms with Crippen LogP contribution in [0.25, 0.3) is 0 Å². The van der Waals surface area contributed by atoms with Crippen LogP contribution >= 0.6 is 63.7 Å². The fourth-order valence-electron chi connectivity index (χ4n) is 6.22. The second-order valence-electron chi connectivity index (χ2n) is 12.1. The number of aliphatic imine (C=N–C) groups is 2. The quantitative estimate of drug-likeness (QED) is 0.185. The standard InChI is InChI=1S/C42H32Br4N4/c43-33-17-9-27(10-18-33)39-42(30-15-23-36(46)24-16-30)50-38-8-4-2-6-32(38)26-48-40(28-11-19-34(44)20-12-28)41(29-13-21-35(45)22-14-29)49-37-7-3-1-5-31(37)25-47-39/h1-26,39-42,49-50H/t39-,40-,41?,42?/m0/s1. The van der Waals surface area contributed by atoms with Gasteiger partial charge in [-0.3, -0.25) is 9.98 Å². The molecule has 8 heteroatoms. The van der Waals surface area contributed by atoms with E-state index in [2.05, 4.69) is 220 Å². The summed E-state index contributed by atoms with van der Waals surface area (Å²) < 4.78 is 4.10. The maximum Gasteiger partial charge on any atom is 0.0992 e. The van der Waals surface area contributed by atoms with Crippen LogP contribution < -0.4 is 10.6 Å². The Morgan fingerprint density at radius 1 is 0.360 bits per heavy atom. The Kier molecular flexibility index (Phi) is 11.1. The van der Waals surface area contributed by atoms with Gasteiger partial charge in [-0.2, -0.15) is 0 Å². The number of anilines is 2. The van der Waals surface area contributed by atoms with Gasteiger partial charge in [-0.05, 0) is 82.9 Å². The molecule has 0 bridgehead atoms. The molecule has 0 spiro atoms. The summed E-state index contributed by atoms with van der Waals surface area (Å²) in [7, 11) is 0. The van der Waals surface area contributed by atoms with Gasteiger partial charge in [0.05, 0.1) is 24.2 Å². The minimum Gasteiger partial charge on any atom is -0.375 e. The smallest absolute Gasteiger partial charge is 0.0992 e. The Balaban J connectivity index is 1.45. The lowest BCUT2D eigenvalue weighted by atomic mass is 9.92. The lowest BCUT2D eigenvalue weighted by Crippen LogP contribution is -2.21. The summed E-state index contributed by atoms with van der Waals surface area (Å²) in [6.07, 6.45) is 4.02. The molecule has 2 unspecified atom stereocenters. The van der Waals surface area contributed by atoms with Gasteiger partial charge in [0.1, 0.15) is 0 Å². The van der Waals surface area contributed by atoms with Crippen molar-refractivity contribution in [1.29, 1.82) is 0 Å². The first-order chi connectivity index (χ1) is 24.4. The Hall–Kier alpha value is -3.82. The van der Waals surface area contributed by atoms with Crippen LogP contribution in [0.15, 0.2) is 173 Å². The minimum atomic E-state index is -0.261. The Morgan fingerprint density at radius 2 is 0.660 bits per heavy atom. The maximum absolute atomic E-state index is 5.40. The van der Waals surface area contributed by atoms with E-state index in [1.54, 1.807) is 0 Å². The number of para-hydroxylation sites is 2. The molecule has 0 saturated heterocycles. The van der Waals surface area contributed by atoms with Gasteiger partial charge >= 0.3 is 0 Å². The van der Waals surface area contributed by atoms with Gasteiger partial charge in [0, 0.05) is 52.8 Å².